The minimum atomic E-state index is -1.57. The number of hydrogen-bond acceptors (Lipinski definition) is 6. The number of nitrogens with zero attached hydrogens (tertiary/aromatic N) is 3. The van der Waals surface area contributed by atoms with Gasteiger partial charge in [0.15, 0.2) is 0 Å². The van der Waals surface area contributed by atoms with Crippen molar-refractivity contribution in [1.82, 2.24) is 19.9 Å². The molecule has 0 bridgehead atoms. The number of benzene rings is 1. The number of aromatic nitrogens is 3. The van der Waals surface area contributed by atoms with Crippen LogP contribution in [0.25, 0.3) is 16.8 Å². The maximum atomic E-state index is 14.1. The van der Waals surface area contributed by atoms with Crippen LogP contribution in [0.15, 0.2) is 48.7 Å². The lowest BCUT2D eigenvalue weighted by Crippen LogP contribution is -2.49. The fraction of sp³-hybridized carbons (Fsp3) is 0.375. The fourth-order valence-corrected chi connectivity index (χ4v) is 5.83. The molecule has 224 valence electrons. The van der Waals surface area contributed by atoms with Crippen molar-refractivity contribution in [3.8, 4) is 17.0 Å². The quantitative estimate of drug-likeness (QED) is 0.223. The average molecular weight is 606 g/mol. The number of pyridine rings is 2. The average Bonchev–Trinajstić information content (AvgIpc) is 3.71. The molecule has 0 aliphatic heterocycles. The number of ether oxygens (including phenoxy) is 1. The lowest BCUT2D eigenvalue weighted by Gasteiger charge is -2.41. The predicted molar refractivity (Wildman–Crippen MR) is 159 cm³/mol. The Kier molecular flexibility index (Phi) is 7.83. The van der Waals surface area contributed by atoms with Gasteiger partial charge in [-0.15, -0.1) is 0 Å². The van der Waals surface area contributed by atoms with Gasteiger partial charge in [-0.3, -0.25) is 9.59 Å². The van der Waals surface area contributed by atoms with Crippen LogP contribution < -0.4 is 15.8 Å². The zero-order valence-electron chi connectivity index (χ0n) is 23.8. The van der Waals surface area contributed by atoms with E-state index in [1.165, 1.54) is 18.2 Å². The Labute approximate surface area is 253 Å². The van der Waals surface area contributed by atoms with E-state index >= 15 is 0 Å². The van der Waals surface area contributed by atoms with Crippen LogP contribution in [0, 0.1) is 11.7 Å². The van der Waals surface area contributed by atoms with Gasteiger partial charge >= 0.3 is 0 Å². The molecule has 2 fully saturated rings. The topological polar surface area (TPSA) is 132 Å². The zero-order chi connectivity index (χ0) is 30.3. The van der Waals surface area contributed by atoms with E-state index in [0.29, 0.717) is 34.1 Å². The van der Waals surface area contributed by atoms with Crippen LogP contribution in [0.5, 0.6) is 5.75 Å². The number of amides is 2. The van der Waals surface area contributed by atoms with Crippen LogP contribution in [0.2, 0.25) is 5.02 Å². The summed E-state index contributed by atoms with van der Waals surface area (Å²) in [6.07, 6.45) is 6.24. The number of carbonyl (C=O) groups is 2. The third kappa shape index (κ3) is 5.81. The van der Waals surface area contributed by atoms with E-state index in [0.717, 1.165) is 43.3 Å². The Hall–Kier alpha value is -4.02. The molecule has 2 amide bonds. The van der Waals surface area contributed by atoms with Crippen molar-refractivity contribution < 1.29 is 23.8 Å². The van der Waals surface area contributed by atoms with Crippen LogP contribution >= 0.6 is 11.6 Å². The lowest BCUT2D eigenvalue weighted by atomic mass is 9.70. The smallest absolute Gasteiger partial charge is 0.251 e. The summed E-state index contributed by atoms with van der Waals surface area (Å²) < 4.78 is 21.7. The van der Waals surface area contributed by atoms with Gasteiger partial charge < -0.3 is 20.9 Å². The van der Waals surface area contributed by atoms with Gasteiger partial charge in [0.25, 0.3) is 5.91 Å². The van der Waals surface area contributed by atoms with E-state index in [2.05, 4.69) is 10.4 Å². The number of fused-ring (bicyclic) bond motifs is 1. The molecule has 3 heterocycles. The molecule has 6 rings (SSSR count). The third-order valence-electron chi connectivity index (χ3n) is 8.38. The second kappa shape index (κ2) is 11.6. The van der Waals surface area contributed by atoms with Gasteiger partial charge in [-0.1, -0.05) is 18.0 Å². The summed E-state index contributed by atoms with van der Waals surface area (Å²) in [5.74, 6) is -0.935. The van der Waals surface area contributed by atoms with Gasteiger partial charge in [-0.25, -0.2) is 13.9 Å². The van der Waals surface area contributed by atoms with Gasteiger partial charge in [0, 0.05) is 28.8 Å². The molecule has 43 heavy (non-hydrogen) atoms. The third-order valence-corrected chi connectivity index (χ3v) is 8.67. The predicted octanol–water partition coefficient (Wildman–Crippen LogP) is 4.91. The minimum absolute atomic E-state index is 0.107. The first-order valence-corrected chi connectivity index (χ1v) is 14.9. The van der Waals surface area contributed by atoms with Crippen LogP contribution in [0.1, 0.15) is 72.3 Å². The van der Waals surface area contributed by atoms with Crippen molar-refractivity contribution in [3.05, 3.63) is 82.0 Å². The highest BCUT2D eigenvalue weighted by Crippen LogP contribution is 2.44. The summed E-state index contributed by atoms with van der Waals surface area (Å²) in [6, 6.07) is 11.3. The summed E-state index contributed by atoms with van der Waals surface area (Å²) in [5, 5.41) is 19.7. The molecule has 3 aromatic heterocycles. The molecule has 9 nitrogen and oxygen atoms in total. The first kappa shape index (κ1) is 29.1. The number of nitrogens with two attached hydrogens (primary N) is 1. The number of nitrogens with one attached hydrogen (secondary N) is 1. The maximum absolute atomic E-state index is 14.1. The maximum Gasteiger partial charge on any atom is 0.251 e. The Morgan fingerprint density at radius 1 is 1.19 bits per heavy atom. The van der Waals surface area contributed by atoms with Crippen molar-refractivity contribution in [2.24, 2.45) is 11.7 Å². The van der Waals surface area contributed by atoms with Gasteiger partial charge in [0.05, 0.1) is 41.5 Å². The normalized spacial score (nSPS) is 16.5. The Morgan fingerprint density at radius 3 is 2.63 bits per heavy atom. The fourth-order valence-electron chi connectivity index (χ4n) is 5.65. The van der Waals surface area contributed by atoms with Crippen LogP contribution in [-0.2, 0) is 16.8 Å². The van der Waals surface area contributed by atoms with Crippen molar-refractivity contribution in [1.29, 1.82) is 0 Å². The SMILES string of the molecule is CCOc1c(CC(N)=O)cc([C@@](O)(CNC(=O)c2ccn3nc(C4CC4)cc3c2)C2CCC2)nc1-c1ccc(F)c(Cl)c1. The van der Waals surface area contributed by atoms with Crippen molar-refractivity contribution in [2.45, 2.75) is 57.0 Å². The Balaban J connectivity index is 1.36. The van der Waals surface area contributed by atoms with E-state index in [1.54, 1.807) is 35.8 Å². The molecule has 1 atom stereocenters. The summed E-state index contributed by atoms with van der Waals surface area (Å²) in [5.41, 5.74) is 7.75. The summed E-state index contributed by atoms with van der Waals surface area (Å²) in [7, 11) is 0. The number of halogens is 2. The number of aliphatic hydroxyl groups is 1. The Bertz CT molecular complexity index is 1720. The molecule has 0 saturated heterocycles. The number of hydrogen-bond donors (Lipinski definition) is 3. The zero-order valence-corrected chi connectivity index (χ0v) is 24.5. The first-order chi connectivity index (χ1) is 20.7. The highest BCUT2D eigenvalue weighted by Gasteiger charge is 2.44. The van der Waals surface area contributed by atoms with Crippen molar-refractivity contribution in [3.63, 3.8) is 0 Å². The second-order valence-corrected chi connectivity index (χ2v) is 11.8. The van der Waals surface area contributed by atoms with E-state index in [9.17, 15) is 19.1 Å². The minimum Gasteiger partial charge on any atom is -0.491 e. The van der Waals surface area contributed by atoms with Gasteiger partial charge in [-0.2, -0.15) is 5.10 Å². The molecule has 2 aliphatic carbocycles. The summed E-state index contributed by atoms with van der Waals surface area (Å²) in [4.78, 5) is 30.3. The highest BCUT2D eigenvalue weighted by atomic mass is 35.5. The molecule has 4 N–H and O–H groups in total. The molecule has 1 aromatic carbocycles. The molecule has 4 aromatic rings. The van der Waals surface area contributed by atoms with Gasteiger partial charge in [0.2, 0.25) is 5.91 Å². The molecule has 2 saturated carbocycles. The molecular formula is C32H33ClFN5O4. The van der Waals surface area contributed by atoms with Crippen LogP contribution in [0.3, 0.4) is 0 Å². The van der Waals surface area contributed by atoms with E-state index < -0.39 is 17.3 Å². The summed E-state index contributed by atoms with van der Waals surface area (Å²) >= 11 is 6.11. The van der Waals surface area contributed by atoms with E-state index in [-0.39, 0.29) is 42.1 Å². The number of primary amides is 1. The lowest BCUT2D eigenvalue weighted by molar-refractivity contribution is -0.117. The van der Waals surface area contributed by atoms with Crippen LogP contribution in [-0.4, -0.2) is 44.7 Å². The van der Waals surface area contributed by atoms with Crippen LogP contribution in [0.4, 0.5) is 4.39 Å². The van der Waals surface area contributed by atoms with E-state index in [4.69, 9.17) is 27.1 Å². The number of rotatable bonds is 11. The largest absolute Gasteiger partial charge is 0.491 e. The molecule has 11 heteroatoms. The van der Waals surface area contributed by atoms with Gasteiger partial charge in [0.1, 0.15) is 22.9 Å². The molecule has 0 radical (unpaired) electrons. The Morgan fingerprint density at radius 2 is 1.98 bits per heavy atom. The monoisotopic (exact) mass is 605 g/mol. The molecule has 2 aliphatic rings. The molecular weight excluding hydrogens is 573 g/mol. The van der Waals surface area contributed by atoms with Gasteiger partial charge in [-0.05, 0) is 81.0 Å². The first-order valence-electron chi connectivity index (χ1n) is 14.6. The molecule has 0 spiro atoms. The number of carbonyl (C=O) groups excluding carboxylic acids is 2. The highest BCUT2D eigenvalue weighted by molar-refractivity contribution is 6.31. The summed E-state index contributed by atoms with van der Waals surface area (Å²) in [6.45, 7) is 1.94. The van der Waals surface area contributed by atoms with Crippen molar-refractivity contribution in [2.75, 3.05) is 13.2 Å². The standard InChI is InChI=1S/C32H33ClFN5O4/c1-2-43-30-21(15-28(35)40)14-27(37-29(30)19-8-9-25(34)24(33)13-19)32(42,22-4-3-5-22)17-36-31(41)20-10-11-39-23(12-20)16-26(38-39)18-6-7-18/h8-14,16,18,22,42H,2-7,15,17H2,1H3,(H2,35,40)(H,36,41)/t32-/m1/s1. The second-order valence-electron chi connectivity index (χ2n) is 11.4. The van der Waals surface area contributed by atoms with Crippen molar-refractivity contribution >= 4 is 28.9 Å². The molecule has 0 unspecified atom stereocenters. The van der Waals surface area contributed by atoms with E-state index in [1.807, 2.05) is 6.07 Å².